The number of hydrogen-bond donors (Lipinski definition) is 2. The van der Waals surface area contributed by atoms with Gasteiger partial charge in [0, 0.05) is 11.9 Å². The van der Waals surface area contributed by atoms with Gasteiger partial charge >= 0.3 is 0 Å². The van der Waals surface area contributed by atoms with Crippen molar-refractivity contribution in [3.8, 4) is 0 Å². The van der Waals surface area contributed by atoms with Crippen LogP contribution in [-0.4, -0.2) is 16.1 Å². The van der Waals surface area contributed by atoms with Gasteiger partial charge < -0.3 is 15.5 Å². The SMILES string of the molecule is Cc1ccc(NC(=O)c2c(N)c(C(=O)c3cccs3)n3ccccc23)c(C)c1. The number of benzene rings is 1. The largest absolute Gasteiger partial charge is 0.396 e. The van der Waals surface area contributed by atoms with Crippen molar-refractivity contribution in [1.82, 2.24) is 4.40 Å². The molecule has 0 spiro atoms. The molecule has 3 heterocycles. The van der Waals surface area contributed by atoms with E-state index in [9.17, 15) is 9.59 Å². The molecule has 0 radical (unpaired) electrons. The molecule has 4 rings (SSSR count). The fourth-order valence-electron chi connectivity index (χ4n) is 3.36. The number of carbonyl (C=O) groups is 2. The Hall–Kier alpha value is -3.38. The summed E-state index contributed by atoms with van der Waals surface area (Å²) in [5, 5.41) is 4.77. The van der Waals surface area contributed by atoms with Crippen LogP contribution in [0.2, 0.25) is 0 Å². The predicted octanol–water partition coefficient (Wildman–Crippen LogP) is 4.68. The van der Waals surface area contributed by atoms with Crippen molar-refractivity contribution in [1.29, 1.82) is 0 Å². The number of nitrogens with one attached hydrogen (secondary N) is 1. The minimum atomic E-state index is -0.335. The number of amides is 1. The molecule has 0 atom stereocenters. The zero-order valence-electron chi connectivity index (χ0n) is 15.5. The molecule has 28 heavy (non-hydrogen) atoms. The number of fused-ring (bicyclic) bond motifs is 1. The molecule has 140 valence electrons. The van der Waals surface area contributed by atoms with Crippen molar-refractivity contribution < 1.29 is 9.59 Å². The van der Waals surface area contributed by atoms with Crippen LogP contribution in [0.5, 0.6) is 0 Å². The molecule has 3 aromatic heterocycles. The van der Waals surface area contributed by atoms with Crippen molar-refractivity contribution in [2.45, 2.75) is 13.8 Å². The van der Waals surface area contributed by atoms with Crippen LogP contribution in [-0.2, 0) is 0 Å². The third kappa shape index (κ3) is 2.97. The van der Waals surface area contributed by atoms with Gasteiger partial charge in [0.15, 0.2) is 0 Å². The van der Waals surface area contributed by atoms with Gasteiger partial charge in [0.05, 0.1) is 21.6 Å². The van der Waals surface area contributed by atoms with Crippen LogP contribution in [0, 0.1) is 13.8 Å². The number of nitrogens with zero attached hydrogens (tertiary/aromatic N) is 1. The Morgan fingerprint density at radius 3 is 2.61 bits per heavy atom. The highest BCUT2D eigenvalue weighted by atomic mass is 32.1. The van der Waals surface area contributed by atoms with Gasteiger partial charge in [-0.05, 0) is 49.1 Å². The maximum Gasteiger partial charge on any atom is 0.259 e. The van der Waals surface area contributed by atoms with Gasteiger partial charge in [-0.25, -0.2) is 0 Å². The maximum atomic E-state index is 13.1. The minimum absolute atomic E-state index is 0.187. The molecule has 1 amide bonds. The van der Waals surface area contributed by atoms with Gasteiger partial charge in [-0.3, -0.25) is 9.59 Å². The smallest absolute Gasteiger partial charge is 0.259 e. The van der Waals surface area contributed by atoms with E-state index in [1.165, 1.54) is 11.3 Å². The number of carbonyl (C=O) groups excluding carboxylic acids is 2. The van der Waals surface area contributed by atoms with E-state index in [0.717, 1.165) is 16.8 Å². The van der Waals surface area contributed by atoms with Crippen molar-refractivity contribution >= 4 is 39.9 Å². The number of aryl methyl sites for hydroxylation is 2. The minimum Gasteiger partial charge on any atom is -0.396 e. The lowest BCUT2D eigenvalue weighted by atomic mass is 10.1. The number of pyridine rings is 1. The van der Waals surface area contributed by atoms with E-state index in [1.807, 2.05) is 55.6 Å². The quantitative estimate of drug-likeness (QED) is 0.498. The normalized spacial score (nSPS) is 10.9. The molecule has 4 aromatic rings. The van der Waals surface area contributed by atoms with Crippen molar-refractivity contribution in [3.05, 3.63) is 87.4 Å². The second-order valence-electron chi connectivity index (χ2n) is 6.67. The van der Waals surface area contributed by atoms with Gasteiger partial charge in [0.2, 0.25) is 5.78 Å². The fourth-order valence-corrected chi connectivity index (χ4v) is 4.03. The van der Waals surface area contributed by atoms with Gasteiger partial charge in [-0.15, -0.1) is 11.3 Å². The summed E-state index contributed by atoms with van der Waals surface area (Å²) in [6.45, 7) is 3.94. The molecule has 0 aliphatic rings. The molecule has 0 aliphatic carbocycles. The first-order valence-electron chi connectivity index (χ1n) is 8.82. The molecule has 3 N–H and O–H groups in total. The van der Waals surface area contributed by atoms with Crippen LogP contribution in [0.1, 0.15) is 36.9 Å². The van der Waals surface area contributed by atoms with Crippen molar-refractivity contribution in [2.24, 2.45) is 0 Å². The molecule has 1 aromatic carbocycles. The average molecular weight is 389 g/mol. The summed E-state index contributed by atoms with van der Waals surface area (Å²) in [7, 11) is 0. The summed E-state index contributed by atoms with van der Waals surface area (Å²) in [4.78, 5) is 26.7. The average Bonchev–Trinajstić information content (AvgIpc) is 3.29. The Morgan fingerprint density at radius 2 is 1.89 bits per heavy atom. The number of rotatable bonds is 4. The van der Waals surface area contributed by atoms with Crippen molar-refractivity contribution in [2.75, 3.05) is 11.1 Å². The van der Waals surface area contributed by atoms with Crippen LogP contribution in [0.25, 0.3) is 5.52 Å². The Balaban J connectivity index is 1.82. The van der Waals surface area contributed by atoms with Crippen LogP contribution in [0.3, 0.4) is 0 Å². The second kappa shape index (κ2) is 6.98. The molecule has 0 aliphatic heterocycles. The molecular weight excluding hydrogens is 370 g/mol. The highest BCUT2D eigenvalue weighted by Gasteiger charge is 2.26. The van der Waals surface area contributed by atoms with E-state index in [0.29, 0.717) is 21.7 Å². The van der Waals surface area contributed by atoms with Crippen LogP contribution in [0.15, 0.2) is 60.1 Å². The third-order valence-corrected chi connectivity index (χ3v) is 5.57. The van der Waals surface area contributed by atoms with E-state index in [4.69, 9.17) is 5.73 Å². The first-order chi connectivity index (χ1) is 13.5. The lowest BCUT2D eigenvalue weighted by molar-refractivity contribution is 0.102. The van der Waals surface area contributed by atoms with Gasteiger partial charge in [-0.1, -0.05) is 29.8 Å². The van der Waals surface area contributed by atoms with E-state index < -0.39 is 0 Å². The monoisotopic (exact) mass is 389 g/mol. The molecule has 0 unspecified atom stereocenters. The number of aromatic nitrogens is 1. The Morgan fingerprint density at radius 1 is 1.07 bits per heavy atom. The summed E-state index contributed by atoms with van der Waals surface area (Å²) in [6, 6.07) is 14.8. The third-order valence-electron chi connectivity index (χ3n) is 4.70. The highest BCUT2D eigenvalue weighted by molar-refractivity contribution is 7.12. The summed E-state index contributed by atoms with van der Waals surface area (Å²) in [5.41, 5.74) is 10.5. The topological polar surface area (TPSA) is 76.6 Å². The molecular formula is C22H19N3O2S. The van der Waals surface area contributed by atoms with Crippen LogP contribution in [0.4, 0.5) is 11.4 Å². The molecule has 0 bridgehead atoms. The van der Waals surface area contributed by atoms with Gasteiger partial charge in [-0.2, -0.15) is 0 Å². The molecule has 0 fully saturated rings. The summed E-state index contributed by atoms with van der Waals surface area (Å²) in [5.74, 6) is -0.530. The van der Waals surface area contributed by atoms with Gasteiger partial charge in [0.25, 0.3) is 5.91 Å². The Bertz CT molecular complexity index is 1210. The van der Waals surface area contributed by atoms with E-state index in [-0.39, 0.29) is 17.4 Å². The van der Waals surface area contributed by atoms with Crippen molar-refractivity contribution in [3.63, 3.8) is 0 Å². The first-order valence-corrected chi connectivity index (χ1v) is 9.70. The predicted molar refractivity (Wildman–Crippen MR) is 113 cm³/mol. The number of nitrogens with two attached hydrogens (primary N) is 1. The summed E-state index contributed by atoms with van der Waals surface area (Å²) < 4.78 is 1.69. The first kappa shape index (κ1) is 18.0. The number of thiophene rings is 1. The number of hydrogen-bond acceptors (Lipinski definition) is 4. The Labute approximate surface area is 166 Å². The van der Waals surface area contributed by atoms with Gasteiger partial charge in [0.1, 0.15) is 5.69 Å². The molecule has 6 heteroatoms. The summed E-state index contributed by atoms with van der Waals surface area (Å²) in [6.07, 6.45) is 1.75. The standard InChI is InChI=1S/C22H19N3O2S/c1-13-8-9-15(14(2)12-13)24-22(27)18-16-6-3-4-10-25(16)20(19(18)23)21(26)17-7-5-11-28-17/h3-12H,23H2,1-2H3,(H,24,27). The molecule has 0 saturated heterocycles. The van der Waals surface area contributed by atoms with E-state index in [1.54, 1.807) is 22.7 Å². The Kier molecular flexibility index (Phi) is 4.49. The van der Waals surface area contributed by atoms with Crippen LogP contribution >= 0.6 is 11.3 Å². The van der Waals surface area contributed by atoms with E-state index in [2.05, 4.69) is 5.32 Å². The highest BCUT2D eigenvalue weighted by Crippen LogP contribution is 2.30. The zero-order chi connectivity index (χ0) is 19.8. The lowest BCUT2D eigenvalue weighted by Crippen LogP contribution is -2.14. The lowest BCUT2D eigenvalue weighted by Gasteiger charge is -2.09. The zero-order valence-corrected chi connectivity index (χ0v) is 16.3. The second-order valence-corrected chi connectivity index (χ2v) is 7.62. The number of nitrogen functional groups attached to an aromatic ring is 1. The van der Waals surface area contributed by atoms with E-state index >= 15 is 0 Å². The fraction of sp³-hybridized carbons (Fsp3) is 0.0909. The molecule has 0 saturated carbocycles. The van der Waals surface area contributed by atoms with Crippen LogP contribution < -0.4 is 11.1 Å². The summed E-state index contributed by atoms with van der Waals surface area (Å²) >= 11 is 1.35. The number of anilines is 2. The molecule has 5 nitrogen and oxygen atoms in total. The maximum absolute atomic E-state index is 13.1. The number of ketones is 1.